The van der Waals surface area contributed by atoms with Gasteiger partial charge in [0.25, 0.3) is 0 Å². The molecule has 0 aromatic heterocycles. The minimum absolute atomic E-state index is 0.0760. The predicted octanol–water partition coefficient (Wildman–Crippen LogP) is 7.00. The number of allylic oxidation sites excluding steroid dienone is 2. The molecule has 2 heteroatoms. The minimum Gasteiger partial charge on any atom is -0.289 e. The Bertz CT molecular complexity index is 1620. The van der Waals surface area contributed by atoms with E-state index in [4.69, 9.17) is 0 Å². The highest BCUT2D eigenvalue weighted by molar-refractivity contribution is 6.42. The smallest absolute Gasteiger partial charge is 0.194 e. The number of carbonyl (C=O) groups is 2. The number of carbonyl (C=O) groups excluding carboxylic acids is 2. The van der Waals surface area contributed by atoms with Crippen LogP contribution in [0.3, 0.4) is 0 Å². The zero-order chi connectivity index (χ0) is 21.1. The van der Waals surface area contributed by atoms with Gasteiger partial charge in [0.15, 0.2) is 11.6 Å². The Labute approximate surface area is 179 Å². The molecular formula is C29H18O2. The van der Waals surface area contributed by atoms with E-state index in [1.165, 1.54) is 5.39 Å². The number of hydrogen-bond acceptors (Lipinski definition) is 2. The molecule has 0 aliphatic heterocycles. The molecule has 0 fully saturated rings. The van der Waals surface area contributed by atoms with Crippen LogP contribution in [0.2, 0.25) is 0 Å². The van der Waals surface area contributed by atoms with Crippen LogP contribution in [0.15, 0.2) is 96.6 Å². The summed E-state index contributed by atoms with van der Waals surface area (Å²) in [6, 6.07) is 30.0. The van der Waals surface area contributed by atoms with Crippen LogP contribution in [0.5, 0.6) is 0 Å². The predicted molar refractivity (Wildman–Crippen MR) is 127 cm³/mol. The Morgan fingerprint density at radius 2 is 1.10 bits per heavy atom. The van der Waals surface area contributed by atoms with Crippen LogP contribution in [-0.4, -0.2) is 11.6 Å². The first-order valence-electron chi connectivity index (χ1n) is 10.4. The molecule has 31 heavy (non-hydrogen) atoms. The Kier molecular flexibility index (Phi) is 3.72. The van der Waals surface area contributed by atoms with E-state index in [1.54, 1.807) is 25.1 Å². The van der Waals surface area contributed by atoms with Crippen LogP contribution in [0, 0.1) is 0 Å². The van der Waals surface area contributed by atoms with Gasteiger partial charge in [0, 0.05) is 22.3 Å². The summed E-state index contributed by atoms with van der Waals surface area (Å²) >= 11 is 0. The zero-order valence-corrected chi connectivity index (χ0v) is 17.0. The van der Waals surface area contributed by atoms with E-state index in [9.17, 15) is 9.59 Å². The molecule has 1 aliphatic carbocycles. The lowest BCUT2D eigenvalue weighted by Crippen LogP contribution is -2.20. The van der Waals surface area contributed by atoms with Crippen molar-refractivity contribution in [1.82, 2.24) is 0 Å². The summed E-state index contributed by atoms with van der Waals surface area (Å²) in [6.07, 6.45) is 0. The molecular weight excluding hydrogens is 380 g/mol. The van der Waals surface area contributed by atoms with Crippen molar-refractivity contribution in [2.45, 2.75) is 6.92 Å². The van der Waals surface area contributed by atoms with Crippen molar-refractivity contribution in [1.29, 1.82) is 0 Å². The van der Waals surface area contributed by atoms with E-state index in [1.807, 2.05) is 30.3 Å². The first kappa shape index (κ1) is 17.8. The van der Waals surface area contributed by atoms with Gasteiger partial charge in [-0.2, -0.15) is 0 Å². The van der Waals surface area contributed by atoms with Gasteiger partial charge in [0.2, 0.25) is 0 Å². The highest BCUT2D eigenvalue weighted by Gasteiger charge is 2.31. The Hall–Kier alpha value is -4.04. The van der Waals surface area contributed by atoms with E-state index in [2.05, 4.69) is 42.5 Å². The maximum Gasteiger partial charge on any atom is 0.194 e. The molecule has 1 aliphatic rings. The largest absolute Gasteiger partial charge is 0.289 e. The quantitative estimate of drug-likeness (QED) is 0.225. The van der Waals surface area contributed by atoms with Crippen LogP contribution >= 0.6 is 0 Å². The van der Waals surface area contributed by atoms with Gasteiger partial charge in [-0.05, 0) is 56.9 Å². The maximum absolute atomic E-state index is 13.6. The molecule has 0 saturated carbocycles. The van der Waals surface area contributed by atoms with Crippen molar-refractivity contribution < 1.29 is 9.59 Å². The Morgan fingerprint density at radius 1 is 0.516 bits per heavy atom. The molecule has 0 spiro atoms. The van der Waals surface area contributed by atoms with Crippen molar-refractivity contribution in [2.24, 2.45) is 0 Å². The van der Waals surface area contributed by atoms with Crippen molar-refractivity contribution in [3.8, 4) is 0 Å². The zero-order valence-electron chi connectivity index (χ0n) is 17.0. The van der Waals surface area contributed by atoms with Gasteiger partial charge in [-0.15, -0.1) is 0 Å². The van der Waals surface area contributed by atoms with Crippen molar-refractivity contribution >= 4 is 49.5 Å². The van der Waals surface area contributed by atoms with Crippen molar-refractivity contribution in [3.63, 3.8) is 0 Å². The molecule has 0 bridgehead atoms. The first-order chi connectivity index (χ1) is 15.1. The molecule has 0 unspecified atom stereocenters. The lowest BCUT2D eigenvalue weighted by molar-refractivity contribution is 0.0992. The summed E-state index contributed by atoms with van der Waals surface area (Å²) < 4.78 is 0. The SMILES string of the molecule is CC1=C(c2cccc3ccc4cc5ccccc5cc4c23)C(=O)c2ccccc2C1=O. The van der Waals surface area contributed by atoms with Crippen LogP contribution in [0.4, 0.5) is 0 Å². The van der Waals surface area contributed by atoms with Gasteiger partial charge in [0.1, 0.15) is 0 Å². The topological polar surface area (TPSA) is 34.1 Å². The van der Waals surface area contributed by atoms with Gasteiger partial charge in [0.05, 0.1) is 0 Å². The summed E-state index contributed by atoms with van der Waals surface area (Å²) in [6.45, 7) is 1.77. The molecule has 6 rings (SSSR count). The molecule has 0 N–H and O–H groups in total. The third-order valence-electron chi connectivity index (χ3n) is 6.35. The number of ketones is 2. The molecule has 5 aromatic carbocycles. The number of benzene rings is 5. The average molecular weight is 398 g/mol. The fourth-order valence-corrected chi connectivity index (χ4v) is 4.83. The second-order valence-corrected chi connectivity index (χ2v) is 8.09. The third-order valence-corrected chi connectivity index (χ3v) is 6.35. The maximum atomic E-state index is 13.6. The minimum atomic E-state index is -0.0852. The lowest BCUT2D eigenvalue weighted by atomic mass is 9.80. The summed E-state index contributed by atoms with van der Waals surface area (Å²) in [7, 11) is 0. The van der Waals surface area contributed by atoms with E-state index >= 15 is 0 Å². The van der Waals surface area contributed by atoms with E-state index in [-0.39, 0.29) is 11.6 Å². The van der Waals surface area contributed by atoms with Gasteiger partial charge < -0.3 is 0 Å². The van der Waals surface area contributed by atoms with Crippen LogP contribution in [0.25, 0.3) is 37.9 Å². The van der Waals surface area contributed by atoms with Gasteiger partial charge in [-0.25, -0.2) is 0 Å². The first-order valence-corrected chi connectivity index (χ1v) is 10.4. The van der Waals surface area contributed by atoms with E-state index < -0.39 is 0 Å². The molecule has 0 saturated heterocycles. The van der Waals surface area contributed by atoms with E-state index in [0.29, 0.717) is 22.3 Å². The number of fused-ring (bicyclic) bond motifs is 5. The number of hydrogen-bond donors (Lipinski definition) is 0. The monoisotopic (exact) mass is 398 g/mol. The Morgan fingerprint density at radius 3 is 1.87 bits per heavy atom. The van der Waals surface area contributed by atoms with Crippen LogP contribution in [-0.2, 0) is 0 Å². The second kappa shape index (κ2) is 6.48. The summed E-state index contributed by atoms with van der Waals surface area (Å²) in [5, 5.41) is 6.61. The van der Waals surface area contributed by atoms with Gasteiger partial charge in [-0.3, -0.25) is 9.59 Å². The molecule has 5 aromatic rings. The summed E-state index contributed by atoms with van der Waals surface area (Å²) in [5.41, 5.74) is 2.81. The summed E-state index contributed by atoms with van der Waals surface area (Å²) in [4.78, 5) is 26.7. The van der Waals surface area contributed by atoms with Crippen molar-refractivity contribution in [3.05, 3.63) is 113 Å². The molecule has 146 valence electrons. The van der Waals surface area contributed by atoms with Gasteiger partial charge in [-0.1, -0.05) is 78.9 Å². The summed E-state index contributed by atoms with van der Waals surface area (Å²) in [5.74, 6) is -0.161. The normalized spacial score (nSPS) is 14.0. The Balaban J connectivity index is 1.73. The van der Waals surface area contributed by atoms with Crippen molar-refractivity contribution in [2.75, 3.05) is 0 Å². The standard InChI is InChI=1S/C29H18O2/c1-17-26(29(31)23-11-5-4-10-22(23)28(17)30)24-12-6-9-18-13-14-21-15-19-7-2-3-8-20(19)16-25(21)27(18)24/h2-16H,1H3. The molecule has 0 radical (unpaired) electrons. The highest BCUT2D eigenvalue weighted by atomic mass is 16.1. The molecule has 2 nitrogen and oxygen atoms in total. The fourth-order valence-electron chi connectivity index (χ4n) is 4.83. The third kappa shape index (κ3) is 2.52. The van der Waals surface area contributed by atoms with Crippen LogP contribution < -0.4 is 0 Å². The second-order valence-electron chi connectivity index (χ2n) is 8.09. The molecule has 0 amide bonds. The molecule has 0 atom stereocenters. The average Bonchev–Trinajstić information content (AvgIpc) is 2.81. The van der Waals surface area contributed by atoms with E-state index in [0.717, 1.165) is 32.5 Å². The van der Waals surface area contributed by atoms with Gasteiger partial charge >= 0.3 is 0 Å². The lowest BCUT2D eigenvalue weighted by Gasteiger charge is -2.21. The molecule has 0 heterocycles. The fraction of sp³-hybridized carbons (Fsp3) is 0.0345. The number of rotatable bonds is 1. The van der Waals surface area contributed by atoms with Crippen LogP contribution in [0.1, 0.15) is 33.2 Å². The highest BCUT2D eigenvalue weighted by Crippen LogP contribution is 2.39. The number of Topliss-reactive ketones (excluding diaryl/α,β-unsaturated/α-hetero) is 2.